The summed E-state index contributed by atoms with van der Waals surface area (Å²) < 4.78 is 7.20. The van der Waals surface area contributed by atoms with Gasteiger partial charge in [0.05, 0.1) is 13.2 Å². The lowest BCUT2D eigenvalue weighted by Gasteiger charge is -2.31. The van der Waals surface area contributed by atoms with Crippen molar-refractivity contribution in [2.75, 3.05) is 6.61 Å². The van der Waals surface area contributed by atoms with Crippen molar-refractivity contribution in [3.05, 3.63) is 18.2 Å². The lowest BCUT2D eigenvalue weighted by molar-refractivity contribution is -0.151. The van der Waals surface area contributed by atoms with Gasteiger partial charge < -0.3 is 9.30 Å². The fourth-order valence-electron chi connectivity index (χ4n) is 2.24. The van der Waals surface area contributed by atoms with E-state index in [1.54, 1.807) is 6.20 Å². The highest BCUT2D eigenvalue weighted by Crippen LogP contribution is 2.14. The van der Waals surface area contributed by atoms with Crippen LogP contribution in [0, 0.1) is 0 Å². The number of imidazole rings is 1. The van der Waals surface area contributed by atoms with E-state index in [9.17, 15) is 4.79 Å². The summed E-state index contributed by atoms with van der Waals surface area (Å²) in [6.45, 7) is 10.7. The fourth-order valence-corrected chi connectivity index (χ4v) is 2.24. The molecular weight excluding hydrogens is 242 g/mol. The fraction of sp³-hybridized carbons (Fsp3) is 0.714. The van der Waals surface area contributed by atoms with E-state index in [1.165, 1.54) is 0 Å². The highest BCUT2D eigenvalue weighted by Gasteiger charge is 2.36. The third-order valence-electron chi connectivity index (χ3n) is 2.94. The van der Waals surface area contributed by atoms with Gasteiger partial charge in [0.1, 0.15) is 11.4 Å². The Morgan fingerprint density at radius 1 is 1.53 bits per heavy atom. The lowest BCUT2D eigenvalue weighted by atomic mass is 10.0. The molecule has 1 unspecified atom stereocenters. The Bertz CT molecular complexity index is 415. The molecule has 0 bridgehead atoms. The molecular formula is C14H25N3O2. The third-order valence-corrected chi connectivity index (χ3v) is 2.94. The lowest BCUT2D eigenvalue weighted by Crippen LogP contribution is -2.56. The molecule has 0 saturated carbocycles. The van der Waals surface area contributed by atoms with Gasteiger partial charge in [0.15, 0.2) is 0 Å². The molecule has 5 nitrogen and oxygen atoms in total. The van der Waals surface area contributed by atoms with E-state index in [-0.39, 0.29) is 12.0 Å². The average Bonchev–Trinajstić information content (AvgIpc) is 2.75. The Balaban J connectivity index is 2.94. The summed E-state index contributed by atoms with van der Waals surface area (Å²) in [6.07, 6.45) is 4.51. The summed E-state index contributed by atoms with van der Waals surface area (Å²) in [5, 5.41) is 3.31. The van der Waals surface area contributed by atoms with Crippen LogP contribution < -0.4 is 5.32 Å². The van der Waals surface area contributed by atoms with Gasteiger partial charge in [0.2, 0.25) is 0 Å². The van der Waals surface area contributed by atoms with Crippen LogP contribution in [-0.2, 0) is 22.5 Å². The number of hydrogen-bond donors (Lipinski definition) is 1. The number of rotatable bonds is 7. The second-order valence-corrected chi connectivity index (χ2v) is 5.18. The average molecular weight is 267 g/mol. The molecule has 0 saturated heterocycles. The first-order chi connectivity index (χ1) is 8.92. The normalized spacial score (nSPS) is 14.4. The van der Waals surface area contributed by atoms with Crippen LogP contribution in [-0.4, -0.2) is 33.7 Å². The summed E-state index contributed by atoms with van der Waals surface area (Å²) in [5.74, 6) is 0.750. The monoisotopic (exact) mass is 267 g/mol. The molecule has 1 rings (SSSR count). The second kappa shape index (κ2) is 6.70. The first kappa shape index (κ1) is 15.7. The van der Waals surface area contributed by atoms with Gasteiger partial charge in [-0.05, 0) is 27.7 Å². The highest BCUT2D eigenvalue weighted by atomic mass is 16.5. The number of ether oxygens (including phenoxy) is 1. The van der Waals surface area contributed by atoms with E-state index < -0.39 is 5.54 Å². The smallest absolute Gasteiger partial charge is 0.327 e. The molecule has 19 heavy (non-hydrogen) atoms. The van der Waals surface area contributed by atoms with E-state index >= 15 is 0 Å². The van der Waals surface area contributed by atoms with Crippen molar-refractivity contribution in [2.45, 2.75) is 59.2 Å². The van der Waals surface area contributed by atoms with Crippen LogP contribution in [0.3, 0.4) is 0 Å². The van der Waals surface area contributed by atoms with Crippen molar-refractivity contribution in [3.63, 3.8) is 0 Å². The Labute approximate surface area is 115 Å². The minimum atomic E-state index is -0.741. The molecule has 1 atom stereocenters. The van der Waals surface area contributed by atoms with Crippen LogP contribution in [0.1, 0.15) is 40.4 Å². The number of carbonyl (C=O) groups is 1. The van der Waals surface area contributed by atoms with Crippen molar-refractivity contribution < 1.29 is 9.53 Å². The van der Waals surface area contributed by atoms with Crippen LogP contribution in [0.2, 0.25) is 0 Å². The van der Waals surface area contributed by atoms with Gasteiger partial charge in [-0.15, -0.1) is 0 Å². The molecule has 0 aromatic carbocycles. The number of hydrogen-bond acceptors (Lipinski definition) is 4. The molecule has 0 aliphatic rings. The van der Waals surface area contributed by atoms with Gasteiger partial charge in [-0.25, -0.2) is 9.78 Å². The zero-order valence-corrected chi connectivity index (χ0v) is 12.6. The number of nitrogens with zero attached hydrogens (tertiary/aromatic N) is 2. The molecule has 0 amide bonds. The first-order valence-electron chi connectivity index (χ1n) is 6.87. The first-order valence-corrected chi connectivity index (χ1v) is 6.87. The third kappa shape index (κ3) is 4.06. The summed E-state index contributed by atoms with van der Waals surface area (Å²) >= 11 is 0. The van der Waals surface area contributed by atoms with Crippen molar-refractivity contribution in [2.24, 2.45) is 0 Å². The minimum absolute atomic E-state index is 0.197. The molecule has 1 N–H and O–H groups in total. The minimum Gasteiger partial charge on any atom is -0.465 e. The molecule has 1 aromatic rings. The molecule has 108 valence electrons. The van der Waals surface area contributed by atoms with Gasteiger partial charge in [-0.3, -0.25) is 5.32 Å². The maximum atomic E-state index is 12.2. The zero-order valence-electron chi connectivity index (χ0n) is 12.6. The number of esters is 1. The SMILES string of the molecule is CCOC(=O)C(C)(Cn1ccnc1CC)NC(C)C. The van der Waals surface area contributed by atoms with E-state index in [2.05, 4.69) is 17.2 Å². The molecule has 1 heterocycles. The standard InChI is InChI=1S/C14H25N3O2/c1-6-12-15-8-9-17(12)10-14(5,16-11(3)4)13(18)19-7-2/h8-9,11,16H,6-7,10H2,1-5H3. The van der Waals surface area contributed by atoms with Gasteiger partial charge >= 0.3 is 5.97 Å². The van der Waals surface area contributed by atoms with Crippen molar-refractivity contribution in [1.29, 1.82) is 0 Å². The number of aryl methyl sites for hydroxylation is 1. The quantitative estimate of drug-likeness (QED) is 0.765. The molecule has 0 fully saturated rings. The van der Waals surface area contributed by atoms with Crippen LogP contribution in [0.15, 0.2) is 12.4 Å². The highest BCUT2D eigenvalue weighted by molar-refractivity contribution is 5.80. The van der Waals surface area contributed by atoms with Crippen LogP contribution >= 0.6 is 0 Å². The van der Waals surface area contributed by atoms with Crippen LogP contribution in [0.25, 0.3) is 0 Å². The second-order valence-electron chi connectivity index (χ2n) is 5.18. The van der Waals surface area contributed by atoms with Crippen molar-refractivity contribution in [1.82, 2.24) is 14.9 Å². The van der Waals surface area contributed by atoms with E-state index in [4.69, 9.17) is 4.74 Å². The molecule has 1 aromatic heterocycles. The summed E-state index contributed by atoms with van der Waals surface area (Å²) in [4.78, 5) is 16.5. The summed E-state index contributed by atoms with van der Waals surface area (Å²) in [5.41, 5.74) is -0.741. The van der Waals surface area contributed by atoms with E-state index in [0.717, 1.165) is 12.2 Å². The number of carbonyl (C=O) groups excluding carboxylic acids is 1. The Hall–Kier alpha value is -1.36. The van der Waals surface area contributed by atoms with Gasteiger partial charge in [0, 0.05) is 24.9 Å². The Morgan fingerprint density at radius 2 is 2.21 bits per heavy atom. The molecule has 0 radical (unpaired) electrons. The van der Waals surface area contributed by atoms with E-state index in [0.29, 0.717) is 13.2 Å². The molecule has 0 aliphatic carbocycles. The maximum Gasteiger partial charge on any atom is 0.327 e. The molecule has 0 spiro atoms. The summed E-state index contributed by atoms with van der Waals surface area (Å²) in [7, 11) is 0. The van der Waals surface area contributed by atoms with E-state index in [1.807, 2.05) is 38.5 Å². The van der Waals surface area contributed by atoms with Crippen molar-refractivity contribution in [3.8, 4) is 0 Å². The Morgan fingerprint density at radius 3 is 2.74 bits per heavy atom. The Kier molecular flexibility index (Phi) is 5.54. The van der Waals surface area contributed by atoms with Gasteiger partial charge in [0.25, 0.3) is 0 Å². The van der Waals surface area contributed by atoms with Crippen molar-refractivity contribution >= 4 is 5.97 Å². The molecule has 5 heteroatoms. The van der Waals surface area contributed by atoms with Gasteiger partial charge in [-0.2, -0.15) is 0 Å². The number of aromatic nitrogens is 2. The number of nitrogens with one attached hydrogen (secondary N) is 1. The topological polar surface area (TPSA) is 56.2 Å². The largest absolute Gasteiger partial charge is 0.465 e. The predicted molar refractivity (Wildman–Crippen MR) is 74.9 cm³/mol. The van der Waals surface area contributed by atoms with Crippen LogP contribution in [0.5, 0.6) is 0 Å². The maximum absolute atomic E-state index is 12.2. The van der Waals surface area contributed by atoms with Crippen LogP contribution in [0.4, 0.5) is 0 Å². The zero-order chi connectivity index (χ0) is 14.5. The predicted octanol–water partition coefficient (Wildman–Crippen LogP) is 1.77. The summed E-state index contributed by atoms with van der Waals surface area (Å²) in [6, 6.07) is 0.197. The van der Waals surface area contributed by atoms with Gasteiger partial charge in [-0.1, -0.05) is 6.92 Å². The molecule has 0 aliphatic heterocycles.